The number of hydrogen-bond donors (Lipinski definition) is 0. The SMILES string of the molecule is Cc1cc(N(C)C2CCCN(c3nccn4cc(C(F)(F)F)nc34)C2)ncn1. The van der Waals surface area contributed by atoms with Crippen LogP contribution < -0.4 is 9.80 Å². The van der Waals surface area contributed by atoms with Crippen LogP contribution in [0.5, 0.6) is 0 Å². The molecule has 1 aliphatic rings. The molecule has 1 fully saturated rings. The van der Waals surface area contributed by atoms with Crippen LogP contribution in [-0.2, 0) is 6.18 Å². The van der Waals surface area contributed by atoms with Crippen LogP contribution in [-0.4, -0.2) is 50.5 Å². The molecule has 4 rings (SSSR count). The molecule has 0 bridgehead atoms. The van der Waals surface area contributed by atoms with Crippen molar-refractivity contribution in [2.24, 2.45) is 0 Å². The van der Waals surface area contributed by atoms with Gasteiger partial charge in [0.15, 0.2) is 17.2 Å². The molecule has 1 saturated heterocycles. The number of aryl methyl sites for hydroxylation is 1. The number of hydrogen-bond acceptors (Lipinski definition) is 6. The molecule has 1 unspecified atom stereocenters. The quantitative estimate of drug-likeness (QED) is 0.684. The summed E-state index contributed by atoms with van der Waals surface area (Å²) < 4.78 is 40.6. The summed E-state index contributed by atoms with van der Waals surface area (Å²) in [5.74, 6) is 1.29. The molecule has 0 saturated carbocycles. The van der Waals surface area contributed by atoms with Crippen molar-refractivity contribution in [1.29, 1.82) is 0 Å². The second kappa shape index (κ2) is 6.92. The zero-order chi connectivity index (χ0) is 19.9. The second-order valence-corrected chi connectivity index (χ2v) is 6.98. The van der Waals surface area contributed by atoms with Gasteiger partial charge in [-0.25, -0.2) is 19.9 Å². The molecular formula is C18H20F3N7. The highest BCUT2D eigenvalue weighted by atomic mass is 19.4. The minimum absolute atomic E-state index is 0.155. The predicted molar refractivity (Wildman–Crippen MR) is 98.4 cm³/mol. The average molecular weight is 391 g/mol. The summed E-state index contributed by atoms with van der Waals surface area (Å²) >= 11 is 0. The highest BCUT2D eigenvalue weighted by Gasteiger charge is 2.35. The summed E-state index contributed by atoms with van der Waals surface area (Å²) in [6.45, 7) is 3.25. The number of rotatable bonds is 3. The van der Waals surface area contributed by atoms with Gasteiger partial charge in [-0.3, -0.25) is 0 Å². The molecule has 10 heteroatoms. The molecule has 0 aliphatic carbocycles. The topological polar surface area (TPSA) is 62.5 Å². The van der Waals surface area contributed by atoms with Crippen LogP contribution >= 0.6 is 0 Å². The molecule has 28 heavy (non-hydrogen) atoms. The molecule has 1 atom stereocenters. The molecule has 148 valence electrons. The molecule has 3 aromatic rings. The van der Waals surface area contributed by atoms with E-state index in [0.29, 0.717) is 18.9 Å². The van der Waals surface area contributed by atoms with E-state index in [2.05, 4.69) is 24.8 Å². The van der Waals surface area contributed by atoms with Crippen LogP contribution in [0, 0.1) is 6.92 Å². The van der Waals surface area contributed by atoms with Crippen molar-refractivity contribution in [2.75, 3.05) is 29.9 Å². The number of piperidine rings is 1. The van der Waals surface area contributed by atoms with Gasteiger partial charge in [0.2, 0.25) is 0 Å². The monoisotopic (exact) mass is 391 g/mol. The van der Waals surface area contributed by atoms with Gasteiger partial charge in [-0.2, -0.15) is 13.2 Å². The first-order chi connectivity index (χ1) is 13.3. The molecule has 0 amide bonds. The Kier molecular flexibility index (Phi) is 4.56. The van der Waals surface area contributed by atoms with E-state index in [1.165, 1.54) is 23.1 Å². The number of alkyl halides is 3. The first kappa shape index (κ1) is 18.5. The maximum absolute atomic E-state index is 13.1. The highest BCUT2D eigenvalue weighted by molar-refractivity contribution is 5.65. The van der Waals surface area contributed by atoms with Gasteiger partial charge in [0.25, 0.3) is 0 Å². The highest BCUT2D eigenvalue weighted by Crippen LogP contribution is 2.31. The molecule has 1 aliphatic heterocycles. The molecule has 0 radical (unpaired) electrons. The number of aromatic nitrogens is 5. The third kappa shape index (κ3) is 3.46. The van der Waals surface area contributed by atoms with E-state index in [9.17, 15) is 13.2 Å². The smallest absolute Gasteiger partial charge is 0.355 e. The lowest BCUT2D eigenvalue weighted by atomic mass is 10.0. The van der Waals surface area contributed by atoms with E-state index in [-0.39, 0.29) is 11.7 Å². The maximum Gasteiger partial charge on any atom is 0.434 e. The van der Waals surface area contributed by atoms with Crippen molar-refractivity contribution < 1.29 is 13.2 Å². The predicted octanol–water partition coefficient (Wildman–Crippen LogP) is 2.95. The lowest BCUT2D eigenvalue weighted by Crippen LogP contribution is -2.47. The molecule has 3 aromatic heterocycles. The van der Waals surface area contributed by atoms with Crippen LogP contribution in [0.2, 0.25) is 0 Å². The Morgan fingerprint density at radius 2 is 2.04 bits per heavy atom. The normalized spacial score (nSPS) is 17.9. The zero-order valence-corrected chi connectivity index (χ0v) is 15.6. The van der Waals surface area contributed by atoms with Crippen molar-refractivity contribution >= 4 is 17.3 Å². The van der Waals surface area contributed by atoms with Crippen LogP contribution in [0.4, 0.5) is 24.8 Å². The summed E-state index contributed by atoms with van der Waals surface area (Å²) in [4.78, 5) is 20.7. The fraction of sp³-hybridized carbons (Fsp3) is 0.444. The summed E-state index contributed by atoms with van der Waals surface area (Å²) in [7, 11) is 1.97. The number of anilines is 2. The van der Waals surface area contributed by atoms with E-state index >= 15 is 0 Å². The largest absolute Gasteiger partial charge is 0.434 e. The van der Waals surface area contributed by atoms with Gasteiger partial charge in [-0.1, -0.05) is 0 Å². The number of nitrogens with zero attached hydrogens (tertiary/aromatic N) is 7. The van der Waals surface area contributed by atoms with Crippen LogP contribution in [0.3, 0.4) is 0 Å². The maximum atomic E-state index is 13.1. The molecule has 0 aromatic carbocycles. The number of imidazole rings is 1. The minimum Gasteiger partial charge on any atom is -0.355 e. The van der Waals surface area contributed by atoms with E-state index in [0.717, 1.165) is 30.6 Å². The number of likely N-dealkylation sites (N-methyl/N-ethyl adjacent to an activating group) is 1. The molecular weight excluding hydrogens is 371 g/mol. The third-order valence-electron chi connectivity index (χ3n) is 5.04. The van der Waals surface area contributed by atoms with Crippen molar-refractivity contribution in [3.05, 3.63) is 42.4 Å². The number of fused-ring (bicyclic) bond motifs is 1. The van der Waals surface area contributed by atoms with Crippen molar-refractivity contribution in [3.8, 4) is 0 Å². The Balaban J connectivity index is 1.62. The summed E-state index contributed by atoms with van der Waals surface area (Å²) in [6, 6.07) is 2.07. The fourth-order valence-electron chi connectivity index (χ4n) is 3.55. The lowest BCUT2D eigenvalue weighted by molar-refractivity contribution is -0.140. The summed E-state index contributed by atoms with van der Waals surface area (Å²) in [5, 5.41) is 0. The summed E-state index contributed by atoms with van der Waals surface area (Å²) in [6.07, 6.45) is 2.89. The number of halogens is 3. The van der Waals surface area contributed by atoms with Crippen LogP contribution in [0.1, 0.15) is 24.2 Å². The first-order valence-electron chi connectivity index (χ1n) is 9.00. The molecule has 4 heterocycles. The molecule has 0 N–H and O–H groups in total. The van der Waals surface area contributed by atoms with Gasteiger partial charge in [-0.05, 0) is 19.8 Å². The van der Waals surface area contributed by atoms with Gasteiger partial charge in [0.05, 0.1) is 0 Å². The van der Waals surface area contributed by atoms with Crippen molar-refractivity contribution in [3.63, 3.8) is 0 Å². The van der Waals surface area contributed by atoms with Crippen molar-refractivity contribution in [1.82, 2.24) is 24.3 Å². The van der Waals surface area contributed by atoms with Gasteiger partial charge in [0.1, 0.15) is 12.1 Å². The van der Waals surface area contributed by atoms with E-state index < -0.39 is 11.9 Å². The van der Waals surface area contributed by atoms with Crippen LogP contribution in [0.25, 0.3) is 5.65 Å². The van der Waals surface area contributed by atoms with E-state index in [4.69, 9.17) is 0 Å². The molecule has 7 nitrogen and oxygen atoms in total. The van der Waals surface area contributed by atoms with Gasteiger partial charge in [0, 0.05) is 56.5 Å². The Bertz CT molecular complexity index is 985. The molecule has 0 spiro atoms. The Hall–Kier alpha value is -2.91. The third-order valence-corrected chi connectivity index (χ3v) is 5.04. The van der Waals surface area contributed by atoms with E-state index in [1.54, 1.807) is 0 Å². The fourth-order valence-corrected chi connectivity index (χ4v) is 3.55. The Morgan fingerprint density at radius 1 is 1.21 bits per heavy atom. The van der Waals surface area contributed by atoms with Gasteiger partial charge < -0.3 is 14.2 Å². The Morgan fingerprint density at radius 3 is 2.79 bits per heavy atom. The summed E-state index contributed by atoms with van der Waals surface area (Å²) in [5.41, 5.74) is 0.188. The van der Waals surface area contributed by atoms with Gasteiger partial charge >= 0.3 is 6.18 Å². The zero-order valence-electron chi connectivity index (χ0n) is 15.6. The first-order valence-corrected chi connectivity index (χ1v) is 9.00. The van der Waals surface area contributed by atoms with Crippen LogP contribution in [0.15, 0.2) is 31.0 Å². The minimum atomic E-state index is -4.49. The Labute approximate surface area is 159 Å². The lowest BCUT2D eigenvalue weighted by Gasteiger charge is -2.38. The second-order valence-electron chi connectivity index (χ2n) is 6.98. The van der Waals surface area contributed by atoms with Crippen molar-refractivity contribution in [2.45, 2.75) is 32.0 Å². The standard InChI is InChI=1S/C18H20F3N7/c1-12-8-15(24-11-23-12)26(2)13-4-3-6-27(9-13)16-17-25-14(18(19,20)21)10-28(17)7-5-22-16/h5,7-8,10-11,13H,3-4,6,9H2,1-2H3. The van der Waals surface area contributed by atoms with E-state index in [1.807, 2.05) is 24.9 Å². The van der Waals surface area contributed by atoms with Gasteiger partial charge in [-0.15, -0.1) is 0 Å². The average Bonchev–Trinajstić information content (AvgIpc) is 3.12.